The van der Waals surface area contributed by atoms with E-state index in [1.807, 2.05) is 36.4 Å². The predicted octanol–water partition coefficient (Wildman–Crippen LogP) is 5.25. The molecule has 0 bridgehead atoms. The number of anilines is 2. The Bertz CT molecular complexity index is 919. The maximum Gasteiger partial charge on any atom is 0.221 e. The normalized spacial score (nSPS) is 17.3. The summed E-state index contributed by atoms with van der Waals surface area (Å²) < 4.78 is 0. The van der Waals surface area contributed by atoms with Gasteiger partial charge in [-0.2, -0.15) is 0 Å². The van der Waals surface area contributed by atoms with Crippen molar-refractivity contribution in [1.82, 2.24) is 5.32 Å². The van der Waals surface area contributed by atoms with Crippen LogP contribution >= 0.6 is 11.6 Å². The highest BCUT2D eigenvalue weighted by molar-refractivity contribution is 6.30. The largest absolute Gasteiger partial charge is 0.371 e. The van der Waals surface area contributed by atoms with Gasteiger partial charge < -0.3 is 16.0 Å². The molecule has 2 aromatic rings. The van der Waals surface area contributed by atoms with Gasteiger partial charge in [0.2, 0.25) is 5.91 Å². The van der Waals surface area contributed by atoms with Crippen LogP contribution in [-0.2, 0) is 11.3 Å². The van der Waals surface area contributed by atoms with Crippen LogP contribution in [0.5, 0.6) is 0 Å². The van der Waals surface area contributed by atoms with Crippen LogP contribution < -0.4 is 16.0 Å². The van der Waals surface area contributed by atoms with Crippen molar-refractivity contribution in [2.24, 2.45) is 4.99 Å². The van der Waals surface area contributed by atoms with E-state index in [0.29, 0.717) is 6.54 Å². The zero-order valence-corrected chi connectivity index (χ0v) is 16.8. The molecule has 6 heteroatoms. The van der Waals surface area contributed by atoms with Crippen LogP contribution in [0.15, 0.2) is 47.5 Å². The lowest BCUT2D eigenvalue weighted by molar-refractivity contribution is -0.114. The summed E-state index contributed by atoms with van der Waals surface area (Å²) in [6.07, 6.45) is 5.68. The number of carbonyl (C=O) groups is 1. The van der Waals surface area contributed by atoms with Gasteiger partial charge in [0.05, 0.1) is 16.9 Å². The zero-order chi connectivity index (χ0) is 19.6. The molecule has 0 atom stereocenters. The van der Waals surface area contributed by atoms with E-state index in [1.165, 1.54) is 26.2 Å². The van der Waals surface area contributed by atoms with Crippen molar-refractivity contribution in [3.05, 3.63) is 53.1 Å². The van der Waals surface area contributed by atoms with E-state index in [2.05, 4.69) is 22.0 Å². The molecular formula is C22H25ClN4O. The van der Waals surface area contributed by atoms with E-state index < -0.39 is 0 Å². The highest BCUT2D eigenvalue weighted by atomic mass is 35.5. The molecule has 1 aliphatic heterocycles. The Morgan fingerprint density at radius 3 is 2.71 bits per heavy atom. The summed E-state index contributed by atoms with van der Waals surface area (Å²) in [5, 5.41) is 10.9. The number of amides is 1. The van der Waals surface area contributed by atoms with Gasteiger partial charge in [-0.15, -0.1) is 0 Å². The number of benzene rings is 2. The first kappa shape index (κ1) is 18.8. The van der Waals surface area contributed by atoms with E-state index in [-0.39, 0.29) is 11.4 Å². The molecule has 1 fully saturated rings. The number of fused-ring (bicyclic) bond motifs is 1. The van der Waals surface area contributed by atoms with Crippen molar-refractivity contribution in [1.29, 1.82) is 0 Å². The topological polar surface area (TPSA) is 65.5 Å². The lowest BCUT2D eigenvalue weighted by Gasteiger charge is -2.43. The standard InChI is InChI=1S/C22H25ClN4O/c1-15(28)25-18-9-6-10-19-20(18)26-21(22(27-19)11-3-2-4-12-22)24-14-16-7-5-8-17(23)13-16/h5-10,13,27H,2-4,11-12,14H2,1H3,(H,24,26)(H,25,28). The summed E-state index contributed by atoms with van der Waals surface area (Å²) in [7, 11) is 0. The van der Waals surface area contributed by atoms with E-state index in [4.69, 9.17) is 16.6 Å². The smallest absolute Gasteiger partial charge is 0.221 e. The third-order valence-corrected chi connectivity index (χ3v) is 5.69. The third-order valence-electron chi connectivity index (χ3n) is 5.45. The third kappa shape index (κ3) is 3.85. The quantitative estimate of drug-likeness (QED) is 0.664. The molecule has 0 saturated heterocycles. The van der Waals surface area contributed by atoms with Gasteiger partial charge in [0.25, 0.3) is 0 Å². The first-order valence-electron chi connectivity index (χ1n) is 9.82. The molecule has 1 saturated carbocycles. The molecule has 3 N–H and O–H groups in total. The second-order valence-electron chi connectivity index (χ2n) is 7.59. The molecule has 0 aromatic heterocycles. The van der Waals surface area contributed by atoms with Crippen molar-refractivity contribution >= 4 is 40.4 Å². The Morgan fingerprint density at radius 1 is 1.18 bits per heavy atom. The Hall–Kier alpha value is -2.53. The van der Waals surface area contributed by atoms with Gasteiger partial charge >= 0.3 is 0 Å². The Morgan fingerprint density at radius 2 is 1.96 bits per heavy atom. The summed E-state index contributed by atoms with van der Waals surface area (Å²) in [6.45, 7) is 2.17. The van der Waals surface area contributed by atoms with Crippen LogP contribution in [0.3, 0.4) is 0 Å². The summed E-state index contributed by atoms with van der Waals surface area (Å²) >= 11 is 6.13. The summed E-state index contributed by atoms with van der Waals surface area (Å²) in [5.74, 6) is 0.840. The molecule has 0 unspecified atom stereocenters. The van der Waals surface area contributed by atoms with Gasteiger partial charge in [-0.25, -0.2) is 4.99 Å². The average Bonchev–Trinajstić information content (AvgIpc) is 2.67. The minimum Gasteiger partial charge on any atom is -0.371 e. The highest BCUT2D eigenvalue weighted by Gasteiger charge is 2.40. The van der Waals surface area contributed by atoms with Crippen LogP contribution in [0, 0.1) is 0 Å². The van der Waals surface area contributed by atoms with Gasteiger partial charge in [-0.1, -0.05) is 49.1 Å². The van der Waals surface area contributed by atoms with Crippen LogP contribution in [0.1, 0.15) is 44.6 Å². The number of hydrogen-bond donors (Lipinski definition) is 3. The molecule has 146 valence electrons. The van der Waals surface area contributed by atoms with Crippen molar-refractivity contribution in [3.8, 4) is 0 Å². The Labute approximate surface area is 170 Å². The number of nitrogens with one attached hydrogen (secondary N) is 3. The number of carbonyl (C=O) groups excluding carboxylic acids is 1. The van der Waals surface area contributed by atoms with Crippen molar-refractivity contribution < 1.29 is 4.79 Å². The van der Waals surface area contributed by atoms with Crippen LogP contribution in [0.25, 0.3) is 0 Å². The maximum atomic E-state index is 11.6. The first-order valence-corrected chi connectivity index (χ1v) is 10.2. The van der Waals surface area contributed by atoms with Crippen molar-refractivity contribution in [3.63, 3.8) is 0 Å². The average molecular weight is 397 g/mol. The molecular weight excluding hydrogens is 372 g/mol. The van der Waals surface area contributed by atoms with Gasteiger partial charge in [-0.05, 0) is 42.7 Å². The maximum absolute atomic E-state index is 11.6. The molecule has 2 aromatic carbocycles. The monoisotopic (exact) mass is 396 g/mol. The van der Waals surface area contributed by atoms with Crippen LogP contribution in [0.4, 0.5) is 17.1 Å². The molecule has 1 aliphatic carbocycles. The number of rotatable bonds is 3. The number of amidine groups is 1. The number of aliphatic imine (C=N–C) groups is 1. The fourth-order valence-electron chi connectivity index (χ4n) is 4.15. The van der Waals surface area contributed by atoms with Crippen molar-refractivity contribution in [2.45, 2.75) is 51.1 Å². The molecule has 1 amide bonds. The number of nitrogens with zero attached hydrogens (tertiary/aromatic N) is 1. The predicted molar refractivity (Wildman–Crippen MR) is 116 cm³/mol. The van der Waals surface area contributed by atoms with Gasteiger partial charge in [0.1, 0.15) is 11.5 Å². The minimum absolute atomic E-state index is 0.102. The molecule has 1 spiro atoms. The SMILES string of the molecule is CC(=O)Nc1cccc2c1N=C(NCc1cccc(Cl)c1)C1(CCCCC1)N2. The zero-order valence-electron chi connectivity index (χ0n) is 16.0. The molecule has 28 heavy (non-hydrogen) atoms. The van der Waals surface area contributed by atoms with Crippen molar-refractivity contribution in [2.75, 3.05) is 10.6 Å². The lowest BCUT2D eigenvalue weighted by atomic mass is 9.79. The lowest BCUT2D eigenvalue weighted by Crippen LogP contribution is -2.54. The van der Waals surface area contributed by atoms with Crippen LogP contribution in [0.2, 0.25) is 5.02 Å². The Kier molecular flexibility index (Phi) is 5.27. The van der Waals surface area contributed by atoms with Crippen LogP contribution in [-0.4, -0.2) is 17.3 Å². The molecule has 4 rings (SSSR count). The molecule has 2 aliphatic rings. The fraction of sp³-hybridized carbons (Fsp3) is 0.364. The number of halogens is 1. The fourth-order valence-corrected chi connectivity index (χ4v) is 4.36. The summed E-state index contributed by atoms with van der Waals surface area (Å²) in [5.41, 5.74) is 3.41. The number of para-hydroxylation sites is 1. The Balaban J connectivity index is 1.69. The summed E-state index contributed by atoms with van der Waals surface area (Å²) in [4.78, 5) is 16.6. The van der Waals surface area contributed by atoms with Gasteiger partial charge in [0.15, 0.2) is 0 Å². The molecule has 5 nitrogen and oxygen atoms in total. The second kappa shape index (κ2) is 7.84. The van der Waals surface area contributed by atoms with Gasteiger partial charge in [0, 0.05) is 18.5 Å². The minimum atomic E-state index is -0.182. The van der Waals surface area contributed by atoms with E-state index in [0.717, 1.165) is 46.3 Å². The van der Waals surface area contributed by atoms with E-state index >= 15 is 0 Å². The van der Waals surface area contributed by atoms with E-state index in [9.17, 15) is 4.79 Å². The second-order valence-corrected chi connectivity index (χ2v) is 8.03. The first-order chi connectivity index (χ1) is 13.6. The molecule has 0 radical (unpaired) electrons. The van der Waals surface area contributed by atoms with E-state index in [1.54, 1.807) is 0 Å². The van der Waals surface area contributed by atoms with Gasteiger partial charge in [-0.3, -0.25) is 4.79 Å². The molecule has 1 heterocycles. The number of hydrogen-bond acceptors (Lipinski definition) is 4. The highest BCUT2D eigenvalue weighted by Crippen LogP contribution is 2.43. The summed E-state index contributed by atoms with van der Waals surface area (Å²) in [6, 6.07) is 13.7.